The maximum absolute atomic E-state index is 6.11. The molecule has 0 atom stereocenters. The van der Waals surface area contributed by atoms with Crippen molar-refractivity contribution in [1.29, 1.82) is 0 Å². The number of rotatable bonds is 7. The average molecular weight is 402 g/mol. The van der Waals surface area contributed by atoms with E-state index < -0.39 is 0 Å². The minimum Gasteiger partial charge on any atom is -0.493 e. The summed E-state index contributed by atoms with van der Waals surface area (Å²) in [6, 6.07) is 11.9. The highest BCUT2D eigenvalue weighted by atomic mass is 16.5. The normalized spacial score (nSPS) is 14.6. The lowest BCUT2D eigenvalue weighted by Crippen LogP contribution is -2.21. The first-order chi connectivity index (χ1) is 14.8. The Hall–Kier alpha value is -3.12. The van der Waals surface area contributed by atoms with Gasteiger partial charge in [0.2, 0.25) is 5.88 Å². The first-order valence-corrected chi connectivity index (χ1v) is 10.6. The lowest BCUT2D eigenvalue weighted by atomic mass is 10.2. The molecule has 1 aliphatic rings. The molecule has 1 fully saturated rings. The number of aryl methyl sites for hydroxylation is 1. The molecule has 0 radical (unpaired) electrons. The number of ether oxygens (including phenoxy) is 2. The molecular weight excluding hydrogens is 376 g/mol. The fourth-order valence-corrected chi connectivity index (χ4v) is 4.08. The number of nitrogens with zero attached hydrogens (tertiary/aromatic N) is 3. The summed E-state index contributed by atoms with van der Waals surface area (Å²) in [5, 5.41) is 2.02. The standard InChI is InChI=1S/C24H26N4O2/c1-17-15-25-22-8-6-19(13-21(17)22)30-24-20-7-5-18(14-23(20)26-16-27-24)29-12-4-11-28-9-2-3-10-28/h5-8,13-16,25H,2-4,9-12H2,1H3. The highest BCUT2D eigenvalue weighted by Gasteiger charge is 2.11. The predicted molar refractivity (Wildman–Crippen MR) is 118 cm³/mol. The fourth-order valence-electron chi connectivity index (χ4n) is 4.08. The number of benzene rings is 2. The predicted octanol–water partition coefficient (Wildman–Crippen LogP) is 5.08. The lowest BCUT2D eigenvalue weighted by Gasteiger charge is -2.14. The van der Waals surface area contributed by atoms with Crippen LogP contribution in [0.2, 0.25) is 0 Å². The second-order valence-electron chi connectivity index (χ2n) is 7.89. The molecule has 2 aromatic heterocycles. The van der Waals surface area contributed by atoms with E-state index in [4.69, 9.17) is 9.47 Å². The van der Waals surface area contributed by atoms with Crippen molar-refractivity contribution in [3.05, 3.63) is 54.5 Å². The molecular formula is C24H26N4O2. The maximum atomic E-state index is 6.11. The zero-order chi connectivity index (χ0) is 20.3. The molecule has 0 aliphatic carbocycles. The third-order valence-electron chi connectivity index (χ3n) is 5.73. The van der Waals surface area contributed by atoms with Crippen LogP contribution in [0.5, 0.6) is 17.4 Å². The molecule has 6 heteroatoms. The summed E-state index contributed by atoms with van der Waals surface area (Å²) in [6.07, 6.45) is 7.23. The molecule has 0 unspecified atom stereocenters. The Labute approximate surface area is 175 Å². The van der Waals surface area contributed by atoms with E-state index in [1.165, 1.54) is 37.8 Å². The molecule has 0 saturated carbocycles. The van der Waals surface area contributed by atoms with Crippen molar-refractivity contribution < 1.29 is 9.47 Å². The van der Waals surface area contributed by atoms with E-state index in [1.54, 1.807) is 0 Å². The van der Waals surface area contributed by atoms with Gasteiger partial charge in [0.05, 0.1) is 17.5 Å². The molecule has 1 saturated heterocycles. The van der Waals surface area contributed by atoms with Crippen LogP contribution in [0.1, 0.15) is 24.8 Å². The van der Waals surface area contributed by atoms with Crippen LogP contribution in [0.3, 0.4) is 0 Å². The summed E-state index contributed by atoms with van der Waals surface area (Å²) in [6.45, 7) is 6.36. The first-order valence-electron chi connectivity index (χ1n) is 10.6. The van der Waals surface area contributed by atoms with Gasteiger partial charge in [-0.1, -0.05) is 0 Å². The van der Waals surface area contributed by atoms with Gasteiger partial charge in [0.1, 0.15) is 17.8 Å². The van der Waals surface area contributed by atoms with Crippen LogP contribution in [-0.4, -0.2) is 46.1 Å². The number of nitrogens with one attached hydrogen (secondary N) is 1. The van der Waals surface area contributed by atoms with E-state index in [0.717, 1.165) is 46.3 Å². The van der Waals surface area contributed by atoms with Crippen molar-refractivity contribution >= 4 is 21.8 Å². The summed E-state index contributed by atoms with van der Waals surface area (Å²) in [7, 11) is 0. The third kappa shape index (κ3) is 3.96. The zero-order valence-corrected chi connectivity index (χ0v) is 17.2. The van der Waals surface area contributed by atoms with Crippen LogP contribution in [0.25, 0.3) is 21.8 Å². The van der Waals surface area contributed by atoms with E-state index in [2.05, 4.69) is 26.8 Å². The monoisotopic (exact) mass is 402 g/mol. The summed E-state index contributed by atoms with van der Waals surface area (Å²) in [5.74, 6) is 2.14. The van der Waals surface area contributed by atoms with Crippen molar-refractivity contribution in [2.75, 3.05) is 26.2 Å². The van der Waals surface area contributed by atoms with Crippen molar-refractivity contribution in [2.45, 2.75) is 26.2 Å². The number of hydrogen-bond donors (Lipinski definition) is 1. The Morgan fingerprint density at radius 3 is 2.77 bits per heavy atom. The number of aromatic nitrogens is 3. The van der Waals surface area contributed by atoms with Gasteiger partial charge in [-0.25, -0.2) is 9.97 Å². The van der Waals surface area contributed by atoms with Crippen molar-refractivity contribution in [3.63, 3.8) is 0 Å². The second-order valence-corrected chi connectivity index (χ2v) is 7.89. The van der Waals surface area contributed by atoms with Crippen LogP contribution in [0.15, 0.2) is 48.9 Å². The number of fused-ring (bicyclic) bond motifs is 2. The van der Waals surface area contributed by atoms with Crippen molar-refractivity contribution in [1.82, 2.24) is 19.9 Å². The average Bonchev–Trinajstić information content (AvgIpc) is 3.41. The topological polar surface area (TPSA) is 63.3 Å². The highest BCUT2D eigenvalue weighted by Crippen LogP contribution is 2.31. The molecule has 3 heterocycles. The van der Waals surface area contributed by atoms with Crippen molar-refractivity contribution in [3.8, 4) is 17.4 Å². The lowest BCUT2D eigenvalue weighted by molar-refractivity contribution is 0.263. The van der Waals surface area contributed by atoms with Gasteiger partial charge in [0.25, 0.3) is 0 Å². The molecule has 1 N–H and O–H groups in total. The van der Waals surface area contributed by atoms with Crippen LogP contribution >= 0.6 is 0 Å². The van der Waals surface area contributed by atoms with Crippen LogP contribution in [0, 0.1) is 6.92 Å². The number of aromatic amines is 1. The first kappa shape index (κ1) is 18.9. The maximum Gasteiger partial charge on any atom is 0.230 e. The Morgan fingerprint density at radius 1 is 1.00 bits per heavy atom. The van der Waals surface area contributed by atoms with E-state index in [9.17, 15) is 0 Å². The Kier molecular flexibility index (Phi) is 5.24. The van der Waals surface area contributed by atoms with E-state index in [1.807, 2.05) is 42.6 Å². The van der Waals surface area contributed by atoms with Crippen molar-refractivity contribution in [2.24, 2.45) is 0 Å². The Morgan fingerprint density at radius 2 is 1.87 bits per heavy atom. The summed E-state index contributed by atoms with van der Waals surface area (Å²) in [4.78, 5) is 14.5. The van der Waals surface area contributed by atoms with Gasteiger partial charge in [0.15, 0.2) is 0 Å². The molecule has 2 aromatic carbocycles. The van der Waals surface area contributed by atoms with E-state index >= 15 is 0 Å². The largest absolute Gasteiger partial charge is 0.493 e. The number of likely N-dealkylation sites (tertiary alicyclic amines) is 1. The zero-order valence-electron chi connectivity index (χ0n) is 17.2. The summed E-state index contributed by atoms with van der Waals surface area (Å²) < 4.78 is 12.1. The van der Waals surface area contributed by atoms with Gasteiger partial charge < -0.3 is 19.4 Å². The highest BCUT2D eigenvalue weighted by molar-refractivity contribution is 5.86. The van der Waals surface area contributed by atoms with Crippen LogP contribution in [-0.2, 0) is 0 Å². The molecule has 0 spiro atoms. The second kappa shape index (κ2) is 8.32. The summed E-state index contributed by atoms with van der Waals surface area (Å²) >= 11 is 0. The van der Waals surface area contributed by atoms with Gasteiger partial charge in [0, 0.05) is 29.7 Å². The minimum atomic E-state index is 0.549. The Bertz CT molecular complexity index is 1160. The molecule has 0 amide bonds. The molecule has 1 aliphatic heterocycles. The van der Waals surface area contributed by atoms with Crippen LogP contribution in [0.4, 0.5) is 0 Å². The molecule has 5 rings (SSSR count). The smallest absolute Gasteiger partial charge is 0.230 e. The molecule has 6 nitrogen and oxygen atoms in total. The van der Waals surface area contributed by atoms with Gasteiger partial charge in [-0.15, -0.1) is 0 Å². The van der Waals surface area contributed by atoms with Gasteiger partial charge in [-0.3, -0.25) is 0 Å². The molecule has 4 aromatic rings. The third-order valence-corrected chi connectivity index (χ3v) is 5.73. The van der Waals surface area contributed by atoms with Gasteiger partial charge in [-0.2, -0.15) is 0 Å². The number of hydrogen-bond acceptors (Lipinski definition) is 5. The van der Waals surface area contributed by atoms with Gasteiger partial charge in [-0.05, 0) is 75.2 Å². The molecule has 154 valence electrons. The van der Waals surface area contributed by atoms with E-state index in [-0.39, 0.29) is 0 Å². The summed E-state index contributed by atoms with van der Waals surface area (Å²) in [5.41, 5.74) is 3.10. The number of H-pyrrole nitrogens is 1. The van der Waals surface area contributed by atoms with E-state index in [0.29, 0.717) is 12.5 Å². The quantitative estimate of drug-likeness (QED) is 0.437. The molecule has 30 heavy (non-hydrogen) atoms. The fraction of sp³-hybridized carbons (Fsp3) is 0.333. The Balaban J connectivity index is 1.29. The minimum absolute atomic E-state index is 0.549. The van der Waals surface area contributed by atoms with Gasteiger partial charge >= 0.3 is 0 Å². The SMILES string of the molecule is Cc1c[nH]c2ccc(Oc3ncnc4cc(OCCCN5CCCC5)ccc34)cc12. The van der Waals surface area contributed by atoms with Crippen LogP contribution < -0.4 is 9.47 Å². The molecule has 0 bridgehead atoms.